The number of hydrogen-bond donors (Lipinski definition) is 0. The van der Waals surface area contributed by atoms with E-state index in [0.717, 1.165) is 11.8 Å². The average Bonchev–Trinajstić information content (AvgIpc) is 2.39. The van der Waals surface area contributed by atoms with E-state index in [0.29, 0.717) is 10.8 Å². The van der Waals surface area contributed by atoms with E-state index < -0.39 is 0 Å². The normalized spacial score (nSPS) is 14.7. The lowest BCUT2D eigenvalue weighted by atomic mass is 9.78. The highest BCUT2D eigenvalue weighted by Gasteiger charge is 2.20. The van der Waals surface area contributed by atoms with Crippen LogP contribution in [0.1, 0.15) is 113 Å². The molecule has 0 heterocycles. The maximum absolute atomic E-state index is 2.48. The maximum Gasteiger partial charge on any atom is -0.0354 e. The summed E-state index contributed by atoms with van der Waals surface area (Å²) in [5.74, 6) is 1.79. The van der Waals surface area contributed by atoms with Gasteiger partial charge in [-0.15, -0.1) is 0 Å². The van der Waals surface area contributed by atoms with Crippen LogP contribution >= 0.6 is 0 Å². The number of rotatable bonds is 12. The van der Waals surface area contributed by atoms with Gasteiger partial charge in [0.15, 0.2) is 0 Å². The second-order valence-electron chi connectivity index (χ2n) is 9.19. The lowest BCUT2D eigenvalue weighted by molar-refractivity contribution is 0.246. The van der Waals surface area contributed by atoms with Crippen LogP contribution in [0.25, 0.3) is 0 Å². The van der Waals surface area contributed by atoms with Crippen LogP contribution in [0, 0.1) is 22.7 Å². The largest absolute Gasteiger partial charge is 0.0651 e. The lowest BCUT2D eigenvalue weighted by Gasteiger charge is -2.28. The third kappa shape index (κ3) is 10.4. The molecule has 0 aliphatic heterocycles. The van der Waals surface area contributed by atoms with Gasteiger partial charge in [-0.2, -0.15) is 0 Å². The van der Waals surface area contributed by atoms with Gasteiger partial charge >= 0.3 is 0 Å². The van der Waals surface area contributed by atoms with Crippen LogP contribution in [0.4, 0.5) is 0 Å². The summed E-state index contributed by atoms with van der Waals surface area (Å²) in [6.45, 7) is 19.2. The van der Waals surface area contributed by atoms with Gasteiger partial charge in [0.05, 0.1) is 0 Å². The minimum Gasteiger partial charge on any atom is -0.0651 e. The molecule has 0 aromatic heterocycles. The summed E-state index contributed by atoms with van der Waals surface area (Å²) in [4.78, 5) is 0. The van der Waals surface area contributed by atoms with Crippen molar-refractivity contribution < 1.29 is 0 Å². The van der Waals surface area contributed by atoms with Crippen molar-refractivity contribution >= 4 is 0 Å². The average molecular weight is 297 g/mol. The smallest absolute Gasteiger partial charge is 0.0354 e. The molecule has 0 aliphatic rings. The second kappa shape index (κ2) is 9.90. The summed E-state index contributed by atoms with van der Waals surface area (Å²) in [7, 11) is 0. The Morgan fingerprint density at radius 3 is 1.62 bits per heavy atom. The molecule has 0 aliphatic carbocycles. The predicted molar refractivity (Wildman–Crippen MR) is 98.8 cm³/mol. The summed E-state index contributed by atoms with van der Waals surface area (Å²) < 4.78 is 0. The third-order valence-corrected chi connectivity index (χ3v) is 5.81. The maximum atomic E-state index is 2.48. The Balaban J connectivity index is 3.88. The highest BCUT2D eigenvalue weighted by Crippen LogP contribution is 2.34. The Bertz CT molecular complexity index is 247. The zero-order chi connectivity index (χ0) is 16.5. The zero-order valence-corrected chi connectivity index (χ0v) is 16.5. The molecule has 0 nitrogen and oxygen atoms in total. The molecule has 0 heteroatoms. The van der Waals surface area contributed by atoms with Crippen LogP contribution in [0.3, 0.4) is 0 Å². The Morgan fingerprint density at radius 1 is 0.714 bits per heavy atom. The van der Waals surface area contributed by atoms with E-state index in [1.807, 2.05) is 0 Å². The van der Waals surface area contributed by atoms with E-state index in [1.165, 1.54) is 57.8 Å². The first-order valence-corrected chi connectivity index (χ1v) is 9.63. The van der Waals surface area contributed by atoms with Gasteiger partial charge in [0.25, 0.3) is 0 Å². The summed E-state index contributed by atoms with van der Waals surface area (Å²) in [6, 6.07) is 0. The van der Waals surface area contributed by atoms with Crippen LogP contribution in [-0.4, -0.2) is 0 Å². The topological polar surface area (TPSA) is 0 Å². The molecule has 0 spiro atoms. The Morgan fingerprint density at radius 2 is 1.19 bits per heavy atom. The quantitative estimate of drug-likeness (QED) is 0.321. The van der Waals surface area contributed by atoms with E-state index in [2.05, 4.69) is 55.4 Å². The standard InChI is InChI=1S/C21H44/c1-9-19(18(3)4)14-13-17-21(7,8)16-12-11-15-20(5,6)10-2/h18-19H,9-17H2,1-8H3. The van der Waals surface area contributed by atoms with Gasteiger partial charge in [0, 0.05) is 0 Å². The molecule has 0 fully saturated rings. The van der Waals surface area contributed by atoms with E-state index in [-0.39, 0.29) is 0 Å². The van der Waals surface area contributed by atoms with Crippen LogP contribution in [0.5, 0.6) is 0 Å². The van der Waals surface area contributed by atoms with Crippen LogP contribution in [0.2, 0.25) is 0 Å². The molecule has 0 radical (unpaired) electrons. The van der Waals surface area contributed by atoms with Gasteiger partial charge in [0.2, 0.25) is 0 Å². The number of unbranched alkanes of at least 4 members (excludes halogenated alkanes) is 1. The molecule has 0 saturated heterocycles. The highest BCUT2D eigenvalue weighted by molar-refractivity contribution is 4.72. The van der Waals surface area contributed by atoms with Crippen molar-refractivity contribution in [2.75, 3.05) is 0 Å². The minimum atomic E-state index is 0.547. The summed E-state index contributed by atoms with van der Waals surface area (Å²) in [5, 5.41) is 0. The van der Waals surface area contributed by atoms with Gasteiger partial charge < -0.3 is 0 Å². The lowest BCUT2D eigenvalue weighted by Crippen LogP contribution is -2.14. The zero-order valence-electron chi connectivity index (χ0n) is 16.5. The first-order valence-electron chi connectivity index (χ1n) is 9.63. The molecule has 0 amide bonds. The molecule has 1 atom stereocenters. The van der Waals surface area contributed by atoms with E-state index in [1.54, 1.807) is 0 Å². The van der Waals surface area contributed by atoms with Gasteiger partial charge in [-0.25, -0.2) is 0 Å². The van der Waals surface area contributed by atoms with Crippen molar-refractivity contribution in [3.05, 3.63) is 0 Å². The van der Waals surface area contributed by atoms with Crippen molar-refractivity contribution in [2.24, 2.45) is 22.7 Å². The molecule has 0 bridgehead atoms. The SMILES string of the molecule is CCC(CCCC(C)(C)CCCCC(C)(C)CC)C(C)C. The Kier molecular flexibility index (Phi) is 9.90. The Labute approximate surface area is 136 Å². The summed E-state index contributed by atoms with van der Waals surface area (Å²) in [5.41, 5.74) is 1.10. The molecular weight excluding hydrogens is 252 g/mol. The molecule has 0 aromatic carbocycles. The van der Waals surface area contributed by atoms with Crippen molar-refractivity contribution in [2.45, 2.75) is 113 Å². The predicted octanol–water partition coefficient (Wildman–Crippen LogP) is 7.86. The molecule has 1 unspecified atom stereocenters. The molecule has 128 valence electrons. The molecule has 0 rings (SSSR count). The highest BCUT2D eigenvalue weighted by atomic mass is 14.3. The van der Waals surface area contributed by atoms with E-state index in [9.17, 15) is 0 Å². The molecule has 0 aromatic rings. The molecule has 0 N–H and O–H groups in total. The summed E-state index contributed by atoms with van der Waals surface area (Å²) in [6.07, 6.45) is 12.5. The van der Waals surface area contributed by atoms with Crippen molar-refractivity contribution in [3.63, 3.8) is 0 Å². The van der Waals surface area contributed by atoms with Crippen LogP contribution in [0.15, 0.2) is 0 Å². The number of hydrogen-bond acceptors (Lipinski definition) is 0. The fraction of sp³-hybridized carbons (Fsp3) is 1.00. The third-order valence-electron chi connectivity index (χ3n) is 5.81. The second-order valence-corrected chi connectivity index (χ2v) is 9.19. The fourth-order valence-corrected chi connectivity index (χ4v) is 3.36. The van der Waals surface area contributed by atoms with Gasteiger partial charge in [0.1, 0.15) is 0 Å². The van der Waals surface area contributed by atoms with Gasteiger partial charge in [-0.3, -0.25) is 0 Å². The van der Waals surface area contributed by atoms with Crippen LogP contribution < -0.4 is 0 Å². The van der Waals surface area contributed by atoms with Crippen molar-refractivity contribution in [1.82, 2.24) is 0 Å². The van der Waals surface area contributed by atoms with Gasteiger partial charge in [-0.1, -0.05) is 93.9 Å². The first-order chi connectivity index (χ1) is 9.63. The molecule has 0 saturated carbocycles. The molecule has 21 heavy (non-hydrogen) atoms. The summed E-state index contributed by atoms with van der Waals surface area (Å²) >= 11 is 0. The molecular formula is C21H44. The Hall–Kier alpha value is 0. The van der Waals surface area contributed by atoms with E-state index >= 15 is 0 Å². The van der Waals surface area contributed by atoms with E-state index in [4.69, 9.17) is 0 Å². The fourth-order valence-electron chi connectivity index (χ4n) is 3.36. The minimum absolute atomic E-state index is 0.547. The monoisotopic (exact) mass is 296 g/mol. The van der Waals surface area contributed by atoms with Crippen LogP contribution in [-0.2, 0) is 0 Å². The van der Waals surface area contributed by atoms with Crippen molar-refractivity contribution in [3.8, 4) is 0 Å². The first kappa shape index (κ1) is 21.0. The van der Waals surface area contributed by atoms with Crippen molar-refractivity contribution in [1.29, 1.82) is 0 Å². The van der Waals surface area contributed by atoms with Gasteiger partial charge in [-0.05, 0) is 41.9 Å².